The first-order chi connectivity index (χ1) is 18.0. The van der Waals surface area contributed by atoms with Crippen molar-refractivity contribution < 1.29 is 9.59 Å². The highest BCUT2D eigenvalue weighted by Crippen LogP contribution is 2.33. The molecule has 1 aliphatic carbocycles. The minimum absolute atomic E-state index is 0.0619. The predicted octanol–water partition coefficient (Wildman–Crippen LogP) is 3.96. The number of anilines is 1. The van der Waals surface area contributed by atoms with Crippen LogP contribution in [0.3, 0.4) is 0 Å². The summed E-state index contributed by atoms with van der Waals surface area (Å²) in [4.78, 5) is 44.3. The van der Waals surface area contributed by atoms with Crippen LogP contribution in [0.2, 0.25) is 0 Å². The zero-order chi connectivity index (χ0) is 25.5. The summed E-state index contributed by atoms with van der Waals surface area (Å²) in [6, 6.07) is 3.86. The number of hydrogen-bond acceptors (Lipinski definition) is 6. The van der Waals surface area contributed by atoms with E-state index >= 15 is 0 Å². The number of aryl methyl sites for hydroxylation is 1. The molecule has 0 bridgehead atoms. The van der Waals surface area contributed by atoms with Gasteiger partial charge >= 0.3 is 0 Å². The maximum absolute atomic E-state index is 13.1. The largest absolute Gasteiger partial charge is 0.340 e. The first-order valence-corrected chi connectivity index (χ1v) is 12.7. The summed E-state index contributed by atoms with van der Waals surface area (Å²) in [6.07, 6.45) is 10.8. The van der Waals surface area contributed by atoms with E-state index in [1.54, 1.807) is 18.6 Å². The Bertz CT molecular complexity index is 1540. The second-order valence-electron chi connectivity index (χ2n) is 9.87. The van der Waals surface area contributed by atoms with Crippen LogP contribution in [0.1, 0.15) is 44.5 Å². The Hall–Kier alpha value is -4.34. The van der Waals surface area contributed by atoms with Crippen LogP contribution in [0.4, 0.5) is 5.69 Å². The molecule has 0 unspecified atom stereocenters. The molecule has 1 fully saturated rings. The smallest absolute Gasteiger partial charge is 0.255 e. The molecular weight excluding hydrogens is 468 g/mol. The SMILES string of the molecule is CC(C)C(=O)Nc1cncc(-c2cnc3n[nH]c(-c4nc5c([nH]4)CCC=C5C(=O)N4CCCC4)c3c2)c1. The Morgan fingerprint density at radius 2 is 1.89 bits per heavy atom. The van der Waals surface area contributed by atoms with Crippen molar-refractivity contribution in [1.82, 2.24) is 35.0 Å². The zero-order valence-electron chi connectivity index (χ0n) is 20.8. The molecule has 4 aromatic heterocycles. The highest BCUT2D eigenvalue weighted by atomic mass is 16.2. The van der Waals surface area contributed by atoms with E-state index < -0.39 is 0 Å². The van der Waals surface area contributed by atoms with Gasteiger partial charge in [-0.2, -0.15) is 5.10 Å². The molecule has 10 nitrogen and oxygen atoms in total. The number of allylic oxidation sites excluding steroid dienone is 1. The van der Waals surface area contributed by atoms with Gasteiger partial charge in [0.1, 0.15) is 5.69 Å². The van der Waals surface area contributed by atoms with Crippen molar-refractivity contribution in [3.8, 4) is 22.6 Å². The second kappa shape index (κ2) is 9.27. The van der Waals surface area contributed by atoms with E-state index in [4.69, 9.17) is 4.98 Å². The van der Waals surface area contributed by atoms with Gasteiger partial charge in [-0.15, -0.1) is 0 Å². The lowest BCUT2D eigenvalue weighted by atomic mass is 9.99. The van der Waals surface area contributed by atoms with Gasteiger partial charge in [0.25, 0.3) is 5.91 Å². The second-order valence-corrected chi connectivity index (χ2v) is 9.87. The number of rotatable bonds is 5. The fraction of sp³-hybridized carbons (Fsp3) is 0.333. The van der Waals surface area contributed by atoms with E-state index in [-0.39, 0.29) is 17.7 Å². The van der Waals surface area contributed by atoms with Gasteiger partial charge in [-0.25, -0.2) is 9.97 Å². The summed E-state index contributed by atoms with van der Waals surface area (Å²) >= 11 is 0. The number of likely N-dealkylation sites (tertiary alicyclic amines) is 1. The molecule has 5 heterocycles. The maximum atomic E-state index is 13.1. The number of imidazole rings is 1. The van der Waals surface area contributed by atoms with Crippen LogP contribution < -0.4 is 5.32 Å². The van der Waals surface area contributed by atoms with Gasteiger partial charge in [-0.3, -0.25) is 19.7 Å². The number of nitrogens with one attached hydrogen (secondary N) is 3. The third kappa shape index (κ3) is 4.28. The number of pyridine rings is 2. The van der Waals surface area contributed by atoms with Crippen molar-refractivity contribution in [2.24, 2.45) is 5.92 Å². The number of aromatic nitrogens is 6. The van der Waals surface area contributed by atoms with E-state index in [1.165, 1.54) is 0 Å². The van der Waals surface area contributed by atoms with Crippen LogP contribution >= 0.6 is 0 Å². The molecule has 3 N–H and O–H groups in total. The standard InChI is InChI=1S/C27H28N8O2/c1-15(2)26(36)30-18-10-16(12-28-14-18)17-11-20-23(33-34-24(20)29-13-17)25-31-21-7-5-6-19(22(21)32-25)27(37)35-8-3-4-9-35/h6,10-15H,3-5,7-9H2,1-2H3,(H,30,36)(H,31,32)(H,29,33,34). The van der Waals surface area contributed by atoms with Gasteiger partial charge in [0.05, 0.1) is 28.5 Å². The molecule has 1 aliphatic heterocycles. The fourth-order valence-corrected chi connectivity index (χ4v) is 4.86. The summed E-state index contributed by atoms with van der Waals surface area (Å²) in [5.41, 5.74) is 5.93. The van der Waals surface area contributed by atoms with E-state index in [2.05, 4.69) is 30.5 Å². The van der Waals surface area contributed by atoms with Gasteiger partial charge in [0.15, 0.2) is 11.5 Å². The summed E-state index contributed by atoms with van der Waals surface area (Å²) < 4.78 is 0. The number of amides is 2. The van der Waals surface area contributed by atoms with Gasteiger partial charge < -0.3 is 15.2 Å². The molecule has 0 saturated carbocycles. The molecule has 0 atom stereocenters. The minimum Gasteiger partial charge on any atom is -0.340 e. The summed E-state index contributed by atoms with van der Waals surface area (Å²) in [6.45, 7) is 5.30. The van der Waals surface area contributed by atoms with E-state index in [1.807, 2.05) is 37.0 Å². The van der Waals surface area contributed by atoms with Gasteiger partial charge in [-0.1, -0.05) is 19.9 Å². The third-order valence-electron chi connectivity index (χ3n) is 6.91. The Kier molecular flexibility index (Phi) is 5.78. The van der Waals surface area contributed by atoms with E-state index in [9.17, 15) is 9.59 Å². The van der Waals surface area contributed by atoms with Gasteiger partial charge in [0.2, 0.25) is 5.91 Å². The lowest BCUT2D eigenvalue weighted by molar-refractivity contribution is -0.124. The first kappa shape index (κ1) is 23.1. The molecule has 37 heavy (non-hydrogen) atoms. The number of aromatic amines is 2. The first-order valence-electron chi connectivity index (χ1n) is 12.7. The van der Waals surface area contributed by atoms with Gasteiger partial charge in [0, 0.05) is 48.2 Å². The lowest BCUT2D eigenvalue weighted by Gasteiger charge is -2.19. The third-order valence-corrected chi connectivity index (χ3v) is 6.91. The van der Waals surface area contributed by atoms with Gasteiger partial charge in [-0.05, 0) is 37.8 Å². The monoisotopic (exact) mass is 496 g/mol. The van der Waals surface area contributed by atoms with Crippen LogP contribution in [0, 0.1) is 5.92 Å². The van der Waals surface area contributed by atoms with E-state index in [0.29, 0.717) is 28.4 Å². The highest BCUT2D eigenvalue weighted by molar-refractivity contribution is 6.19. The highest BCUT2D eigenvalue weighted by Gasteiger charge is 2.29. The Morgan fingerprint density at radius 1 is 1.08 bits per heavy atom. The zero-order valence-corrected chi connectivity index (χ0v) is 20.8. The molecular formula is C27H28N8O2. The molecule has 10 heteroatoms. The van der Waals surface area contributed by atoms with Crippen molar-refractivity contribution in [2.45, 2.75) is 39.5 Å². The van der Waals surface area contributed by atoms with E-state index in [0.717, 1.165) is 66.7 Å². The van der Waals surface area contributed by atoms with Crippen molar-refractivity contribution >= 4 is 34.1 Å². The summed E-state index contributed by atoms with van der Waals surface area (Å²) in [5.74, 6) is 0.495. The molecule has 2 aliphatic rings. The van der Waals surface area contributed by atoms with Crippen LogP contribution in [-0.4, -0.2) is 59.9 Å². The van der Waals surface area contributed by atoms with Crippen molar-refractivity contribution in [3.05, 3.63) is 48.2 Å². The maximum Gasteiger partial charge on any atom is 0.255 e. The fourth-order valence-electron chi connectivity index (χ4n) is 4.86. The number of hydrogen-bond donors (Lipinski definition) is 3. The molecule has 4 aromatic rings. The number of H-pyrrole nitrogens is 2. The predicted molar refractivity (Wildman–Crippen MR) is 140 cm³/mol. The Morgan fingerprint density at radius 3 is 2.70 bits per heavy atom. The molecule has 188 valence electrons. The normalized spacial score (nSPS) is 15.2. The topological polar surface area (TPSA) is 133 Å². The van der Waals surface area contributed by atoms with Crippen molar-refractivity contribution in [1.29, 1.82) is 0 Å². The van der Waals surface area contributed by atoms with Crippen molar-refractivity contribution in [2.75, 3.05) is 18.4 Å². The average molecular weight is 497 g/mol. The van der Waals surface area contributed by atoms with Crippen LogP contribution in [-0.2, 0) is 16.0 Å². The Balaban J connectivity index is 1.34. The molecule has 2 amide bonds. The molecule has 0 spiro atoms. The number of carbonyl (C=O) groups excluding carboxylic acids is 2. The Labute approximate surface area is 213 Å². The van der Waals surface area contributed by atoms with Crippen molar-refractivity contribution in [3.63, 3.8) is 0 Å². The van der Waals surface area contributed by atoms with Crippen LogP contribution in [0.5, 0.6) is 0 Å². The lowest BCUT2D eigenvalue weighted by Crippen LogP contribution is -2.29. The average Bonchev–Trinajstić information content (AvgIpc) is 3.67. The molecule has 0 aromatic carbocycles. The number of fused-ring (bicyclic) bond motifs is 2. The van der Waals surface area contributed by atoms with Crippen LogP contribution in [0.15, 0.2) is 36.8 Å². The summed E-state index contributed by atoms with van der Waals surface area (Å²) in [7, 11) is 0. The quantitative estimate of drug-likeness (QED) is 0.383. The number of carbonyl (C=O) groups is 2. The van der Waals surface area contributed by atoms with Crippen LogP contribution in [0.25, 0.3) is 39.3 Å². The summed E-state index contributed by atoms with van der Waals surface area (Å²) in [5, 5.41) is 11.1. The molecule has 1 saturated heterocycles. The minimum atomic E-state index is -0.129. The number of nitrogens with zero attached hydrogens (tertiary/aromatic N) is 5. The molecule has 6 rings (SSSR count). The molecule has 0 radical (unpaired) electrons.